The summed E-state index contributed by atoms with van der Waals surface area (Å²) in [5.74, 6) is 0.262. The fraction of sp³-hybridized carbons (Fsp3) is 0.538. The second-order valence-electron chi connectivity index (χ2n) is 4.94. The average Bonchev–Trinajstić information content (AvgIpc) is 2.47. The van der Waals surface area contributed by atoms with Crippen LogP contribution in [0.4, 0.5) is 5.69 Å². The number of nitrogens with two attached hydrogens (primary N) is 1. The van der Waals surface area contributed by atoms with Gasteiger partial charge in [-0.3, -0.25) is 4.72 Å². The van der Waals surface area contributed by atoms with Crippen LogP contribution in [0.25, 0.3) is 0 Å². The van der Waals surface area contributed by atoms with Crippen LogP contribution in [0.3, 0.4) is 0 Å². The van der Waals surface area contributed by atoms with Crippen LogP contribution >= 0.6 is 11.8 Å². The molecule has 1 saturated heterocycles. The molecular formula is C13H21N3O2S2. The maximum absolute atomic E-state index is 12.4. The lowest BCUT2D eigenvalue weighted by molar-refractivity contribution is 0.273. The fourth-order valence-corrected chi connectivity index (χ4v) is 4.13. The van der Waals surface area contributed by atoms with Crippen molar-refractivity contribution in [3.8, 4) is 0 Å². The van der Waals surface area contributed by atoms with Gasteiger partial charge in [-0.25, -0.2) is 0 Å². The van der Waals surface area contributed by atoms with Gasteiger partial charge in [0, 0.05) is 18.0 Å². The first-order valence-electron chi connectivity index (χ1n) is 6.67. The normalized spacial score (nSPS) is 20.8. The van der Waals surface area contributed by atoms with Gasteiger partial charge in [0.2, 0.25) is 0 Å². The highest BCUT2D eigenvalue weighted by atomic mass is 32.2. The Balaban J connectivity index is 2.10. The number of nitrogens with zero attached hydrogens (tertiary/aromatic N) is 1. The smallest absolute Gasteiger partial charge is 0.301 e. The van der Waals surface area contributed by atoms with E-state index in [2.05, 4.69) is 4.72 Å². The van der Waals surface area contributed by atoms with E-state index in [0.717, 1.165) is 17.7 Å². The summed E-state index contributed by atoms with van der Waals surface area (Å²) in [4.78, 5) is 1.03. The van der Waals surface area contributed by atoms with Crippen molar-refractivity contribution in [2.45, 2.75) is 17.7 Å². The van der Waals surface area contributed by atoms with Crippen LogP contribution in [0.5, 0.6) is 0 Å². The van der Waals surface area contributed by atoms with Gasteiger partial charge in [0.15, 0.2) is 0 Å². The number of hydrogen-bond donors (Lipinski definition) is 2. The second-order valence-corrected chi connectivity index (χ2v) is 7.49. The van der Waals surface area contributed by atoms with Gasteiger partial charge < -0.3 is 5.73 Å². The molecule has 0 spiro atoms. The molecule has 1 unspecified atom stereocenters. The summed E-state index contributed by atoms with van der Waals surface area (Å²) in [5.41, 5.74) is 6.26. The number of benzene rings is 1. The van der Waals surface area contributed by atoms with E-state index in [0.29, 0.717) is 25.3 Å². The Labute approximate surface area is 125 Å². The number of thioether (sulfide) groups is 1. The molecule has 0 bridgehead atoms. The van der Waals surface area contributed by atoms with Crippen molar-refractivity contribution in [1.82, 2.24) is 4.31 Å². The zero-order valence-corrected chi connectivity index (χ0v) is 13.2. The Hall–Kier alpha value is -0.760. The topological polar surface area (TPSA) is 75.4 Å². The Kier molecular flexibility index (Phi) is 5.31. The molecule has 0 amide bonds. The van der Waals surface area contributed by atoms with Crippen LogP contribution in [-0.4, -0.2) is 38.6 Å². The van der Waals surface area contributed by atoms with Crippen molar-refractivity contribution in [2.24, 2.45) is 11.7 Å². The molecule has 5 nitrogen and oxygen atoms in total. The lowest BCUT2D eigenvalue weighted by atomic mass is 10.0. The van der Waals surface area contributed by atoms with Crippen LogP contribution < -0.4 is 10.5 Å². The first-order valence-corrected chi connectivity index (χ1v) is 9.33. The standard InChI is InChI=1S/C13H21N3O2S2/c1-19-13-6-2-5-12(8-13)15-20(17,18)16-7-3-4-11(9-14)10-16/h2,5-6,8,11,15H,3-4,7,9-10,14H2,1H3. The van der Waals surface area contributed by atoms with Gasteiger partial charge in [-0.1, -0.05) is 6.07 Å². The molecule has 1 atom stereocenters. The van der Waals surface area contributed by atoms with Crippen LogP contribution in [0.2, 0.25) is 0 Å². The molecule has 112 valence electrons. The molecule has 1 aromatic rings. The SMILES string of the molecule is CSc1cccc(NS(=O)(=O)N2CCCC(CN)C2)c1. The molecule has 1 aliphatic heterocycles. The highest BCUT2D eigenvalue weighted by Crippen LogP contribution is 2.23. The molecule has 1 fully saturated rings. The summed E-state index contributed by atoms with van der Waals surface area (Å²) >= 11 is 1.58. The quantitative estimate of drug-likeness (QED) is 0.812. The number of hydrogen-bond acceptors (Lipinski definition) is 4. The van der Waals surface area contributed by atoms with Crippen LogP contribution in [0, 0.1) is 5.92 Å². The summed E-state index contributed by atoms with van der Waals surface area (Å²) in [6, 6.07) is 7.41. The molecule has 0 aliphatic carbocycles. The van der Waals surface area contributed by atoms with Gasteiger partial charge in [0.25, 0.3) is 0 Å². The van der Waals surface area contributed by atoms with E-state index < -0.39 is 10.2 Å². The Morgan fingerprint density at radius 1 is 1.50 bits per heavy atom. The van der Waals surface area contributed by atoms with Crippen molar-refractivity contribution in [3.63, 3.8) is 0 Å². The molecule has 1 heterocycles. The maximum atomic E-state index is 12.4. The molecule has 20 heavy (non-hydrogen) atoms. The van der Waals surface area contributed by atoms with E-state index in [-0.39, 0.29) is 5.92 Å². The van der Waals surface area contributed by atoms with Crippen molar-refractivity contribution in [2.75, 3.05) is 30.6 Å². The van der Waals surface area contributed by atoms with E-state index in [9.17, 15) is 8.42 Å². The van der Waals surface area contributed by atoms with Crippen LogP contribution in [-0.2, 0) is 10.2 Å². The van der Waals surface area contributed by atoms with Crippen molar-refractivity contribution in [3.05, 3.63) is 24.3 Å². The zero-order valence-electron chi connectivity index (χ0n) is 11.6. The third-order valence-corrected chi connectivity index (χ3v) is 5.70. The van der Waals surface area contributed by atoms with E-state index in [4.69, 9.17) is 5.73 Å². The molecule has 0 radical (unpaired) electrons. The minimum Gasteiger partial charge on any atom is -0.330 e. The minimum absolute atomic E-state index is 0.262. The van der Waals surface area contributed by atoms with Gasteiger partial charge in [-0.15, -0.1) is 11.8 Å². The Morgan fingerprint density at radius 3 is 3.00 bits per heavy atom. The molecule has 1 aromatic carbocycles. The monoisotopic (exact) mass is 315 g/mol. The van der Waals surface area contributed by atoms with E-state index >= 15 is 0 Å². The summed E-state index contributed by atoms with van der Waals surface area (Å²) in [5, 5.41) is 0. The molecule has 0 aromatic heterocycles. The van der Waals surface area contributed by atoms with E-state index in [1.807, 2.05) is 24.5 Å². The van der Waals surface area contributed by atoms with Crippen LogP contribution in [0.1, 0.15) is 12.8 Å². The molecule has 1 aliphatic rings. The molecule has 7 heteroatoms. The van der Waals surface area contributed by atoms with Crippen molar-refractivity contribution < 1.29 is 8.42 Å². The summed E-state index contributed by atoms with van der Waals surface area (Å²) in [6.45, 7) is 1.61. The Bertz CT molecular complexity index is 548. The third kappa shape index (κ3) is 3.88. The highest BCUT2D eigenvalue weighted by Gasteiger charge is 2.28. The lowest BCUT2D eigenvalue weighted by Gasteiger charge is -2.31. The van der Waals surface area contributed by atoms with E-state index in [1.54, 1.807) is 17.8 Å². The first kappa shape index (κ1) is 15.6. The number of rotatable bonds is 5. The number of piperidine rings is 1. The second kappa shape index (κ2) is 6.80. The Morgan fingerprint density at radius 2 is 2.30 bits per heavy atom. The number of anilines is 1. The van der Waals surface area contributed by atoms with Gasteiger partial charge in [0.05, 0.1) is 5.69 Å². The molecular weight excluding hydrogens is 294 g/mol. The maximum Gasteiger partial charge on any atom is 0.301 e. The van der Waals surface area contributed by atoms with Crippen molar-refractivity contribution >= 4 is 27.7 Å². The summed E-state index contributed by atoms with van der Waals surface area (Å²) in [6.07, 6.45) is 3.84. The zero-order chi connectivity index (χ0) is 14.6. The average molecular weight is 315 g/mol. The lowest BCUT2D eigenvalue weighted by Crippen LogP contribution is -2.44. The van der Waals surface area contributed by atoms with E-state index in [1.165, 1.54) is 4.31 Å². The van der Waals surface area contributed by atoms with Crippen molar-refractivity contribution in [1.29, 1.82) is 0 Å². The van der Waals surface area contributed by atoms with Crippen LogP contribution in [0.15, 0.2) is 29.2 Å². The fourth-order valence-electron chi connectivity index (χ4n) is 2.34. The summed E-state index contributed by atoms with van der Waals surface area (Å²) < 4.78 is 28.9. The number of nitrogens with one attached hydrogen (secondary N) is 1. The van der Waals surface area contributed by atoms with Gasteiger partial charge in [-0.2, -0.15) is 12.7 Å². The molecule has 3 N–H and O–H groups in total. The third-order valence-electron chi connectivity index (χ3n) is 3.47. The van der Waals surface area contributed by atoms with Gasteiger partial charge in [0.1, 0.15) is 0 Å². The summed E-state index contributed by atoms with van der Waals surface area (Å²) in [7, 11) is -3.49. The van der Waals surface area contributed by atoms with Gasteiger partial charge in [-0.05, 0) is 49.8 Å². The molecule has 2 rings (SSSR count). The molecule has 0 saturated carbocycles. The predicted molar refractivity (Wildman–Crippen MR) is 84.1 cm³/mol. The minimum atomic E-state index is -3.49. The predicted octanol–water partition coefficient (Wildman–Crippen LogP) is 1.74. The van der Waals surface area contributed by atoms with Gasteiger partial charge >= 0.3 is 10.2 Å². The largest absolute Gasteiger partial charge is 0.330 e. The first-order chi connectivity index (χ1) is 9.55. The highest BCUT2D eigenvalue weighted by molar-refractivity contribution is 7.98.